The lowest BCUT2D eigenvalue weighted by atomic mass is 10.00. The van der Waals surface area contributed by atoms with E-state index in [-0.39, 0.29) is 5.91 Å². The summed E-state index contributed by atoms with van der Waals surface area (Å²) in [5.74, 6) is 0.0804. The van der Waals surface area contributed by atoms with E-state index in [1.807, 2.05) is 23.1 Å². The Balaban J connectivity index is 1.49. The summed E-state index contributed by atoms with van der Waals surface area (Å²) in [6, 6.07) is 12.7. The van der Waals surface area contributed by atoms with Gasteiger partial charge in [-0.05, 0) is 65.1 Å². The first-order chi connectivity index (χ1) is 15.4. The van der Waals surface area contributed by atoms with Gasteiger partial charge in [-0.2, -0.15) is 13.2 Å². The van der Waals surface area contributed by atoms with Crippen LogP contribution in [-0.2, 0) is 19.3 Å². The molecule has 4 rings (SSSR count). The highest BCUT2D eigenvalue weighted by Gasteiger charge is 2.30. The number of benzene rings is 2. The second-order valence-corrected chi connectivity index (χ2v) is 7.91. The van der Waals surface area contributed by atoms with Crippen molar-refractivity contribution in [3.8, 4) is 11.1 Å². The number of carbonyl (C=O) groups is 1. The van der Waals surface area contributed by atoms with Crippen molar-refractivity contribution in [1.29, 1.82) is 0 Å². The predicted octanol–water partition coefficient (Wildman–Crippen LogP) is 6.14. The number of unbranched alkanes of at least 4 members (excludes halogenated alkanes) is 1. The van der Waals surface area contributed by atoms with Crippen LogP contribution in [0.1, 0.15) is 46.8 Å². The van der Waals surface area contributed by atoms with Crippen molar-refractivity contribution in [2.24, 2.45) is 0 Å². The van der Waals surface area contributed by atoms with E-state index in [1.165, 1.54) is 12.1 Å². The zero-order valence-corrected chi connectivity index (χ0v) is 17.7. The summed E-state index contributed by atoms with van der Waals surface area (Å²) >= 11 is 0. The third kappa shape index (κ3) is 4.61. The lowest BCUT2D eigenvalue weighted by Crippen LogP contribution is -2.24. The number of carbonyl (C=O) groups excluding carboxylic acids is 1. The molecule has 1 N–H and O–H groups in total. The maximum Gasteiger partial charge on any atom is 0.416 e. The molecule has 32 heavy (non-hydrogen) atoms. The highest BCUT2D eigenvalue weighted by Crippen LogP contribution is 2.32. The van der Waals surface area contributed by atoms with E-state index >= 15 is 0 Å². The summed E-state index contributed by atoms with van der Waals surface area (Å²) in [6.45, 7) is 3.94. The molecule has 0 bridgehead atoms. The zero-order valence-electron chi connectivity index (χ0n) is 17.7. The van der Waals surface area contributed by atoms with Crippen LogP contribution in [0.5, 0.6) is 0 Å². The fourth-order valence-corrected chi connectivity index (χ4v) is 3.91. The maximum absolute atomic E-state index is 12.9. The monoisotopic (exact) mass is 439 g/mol. The summed E-state index contributed by atoms with van der Waals surface area (Å²) in [4.78, 5) is 18.6. The van der Waals surface area contributed by atoms with Crippen molar-refractivity contribution in [2.75, 3.05) is 11.9 Å². The van der Waals surface area contributed by atoms with Crippen LogP contribution < -0.4 is 5.32 Å². The molecule has 3 aromatic rings. The van der Waals surface area contributed by atoms with E-state index in [0.29, 0.717) is 18.7 Å². The minimum atomic E-state index is -4.36. The van der Waals surface area contributed by atoms with Crippen LogP contribution in [0.4, 0.5) is 18.9 Å². The van der Waals surface area contributed by atoms with Crippen LogP contribution in [0, 0.1) is 0 Å². The molecular formula is C25H24F3N3O. The molecule has 0 unspecified atom stereocenters. The van der Waals surface area contributed by atoms with Gasteiger partial charge in [0.05, 0.1) is 5.56 Å². The van der Waals surface area contributed by atoms with Crippen LogP contribution in [0.25, 0.3) is 11.1 Å². The van der Waals surface area contributed by atoms with Crippen molar-refractivity contribution in [3.05, 3.63) is 83.2 Å². The van der Waals surface area contributed by atoms with E-state index in [0.717, 1.165) is 59.5 Å². The summed E-state index contributed by atoms with van der Waals surface area (Å²) < 4.78 is 38.6. The molecule has 1 aliphatic heterocycles. The van der Waals surface area contributed by atoms with Gasteiger partial charge >= 0.3 is 6.18 Å². The molecule has 0 saturated carbocycles. The summed E-state index contributed by atoms with van der Waals surface area (Å²) in [5.41, 5.74) is 4.36. The molecule has 0 fully saturated rings. The molecule has 1 aromatic heterocycles. The van der Waals surface area contributed by atoms with Crippen LogP contribution in [0.15, 0.2) is 60.9 Å². The van der Waals surface area contributed by atoms with Crippen molar-refractivity contribution in [2.45, 2.75) is 39.0 Å². The quantitative estimate of drug-likeness (QED) is 0.481. The number of aromatic nitrogens is 1. The smallest absolute Gasteiger partial charge is 0.381 e. The number of alkyl halides is 3. The number of hydrogen-bond acceptors (Lipinski definition) is 3. The van der Waals surface area contributed by atoms with Gasteiger partial charge in [0.2, 0.25) is 0 Å². The zero-order chi connectivity index (χ0) is 22.7. The number of nitrogens with one attached hydrogen (secondary N) is 1. The fraction of sp³-hybridized carbons (Fsp3) is 0.280. The van der Waals surface area contributed by atoms with Gasteiger partial charge < -0.3 is 10.2 Å². The van der Waals surface area contributed by atoms with E-state index in [2.05, 4.69) is 17.2 Å². The predicted molar refractivity (Wildman–Crippen MR) is 118 cm³/mol. The van der Waals surface area contributed by atoms with Crippen molar-refractivity contribution >= 4 is 11.6 Å². The number of amides is 1. The van der Waals surface area contributed by atoms with Crippen LogP contribution >= 0.6 is 0 Å². The molecule has 166 valence electrons. The van der Waals surface area contributed by atoms with E-state index in [9.17, 15) is 18.0 Å². The number of rotatable bonds is 7. The first-order valence-corrected chi connectivity index (χ1v) is 10.6. The van der Waals surface area contributed by atoms with Gasteiger partial charge in [0.1, 0.15) is 0 Å². The third-order valence-electron chi connectivity index (χ3n) is 5.68. The molecule has 0 radical (unpaired) electrons. The maximum atomic E-state index is 12.9. The second-order valence-electron chi connectivity index (χ2n) is 7.91. The highest BCUT2D eigenvalue weighted by molar-refractivity contribution is 5.98. The Morgan fingerprint density at radius 2 is 1.84 bits per heavy atom. The van der Waals surface area contributed by atoms with Crippen LogP contribution in [0.2, 0.25) is 0 Å². The van der Waals surface area contributed by atoms with Gasteiger partial charge in [0.25, 0.3) is 5.91 Å². The fourth-order valence-electron chi connectivity index (χ4n) is 3.91. The van der Waals surface area contributed by atoms with E-state index < -0.39 is 11.7 Å². The van der Waals surface area contributed by atoms with Gasteiger partial charge in [-0.15, -0.1) is 0 Å². The minimum Gasteiger partial charge on any atom is -0.381 e. The van der Waals surface area contributed by atoms with Gasteiger partial charge in [-0.3, -0.25) is 9.78 Å². The molecule has 7 heteroatoms. The molecule has 1 amide bonds. The SMILES string of the molecule is CCCCN1Cc2cc(NCc3cnccc3-c3ccc(C(F)(F)F)cc3)ccc2C1=O. The molecule has 4 nitrogen and oxygen atoms in total. The Kier molecular flexibility index (Phi) is 6.17. The first kappa shape index (κ1) is 21.9. The molecule has 0 atom stereocenters. The largest absolute Gasteiger partial charge is 0.416 e. The third-order valence-corrected chi connectivity index (χ3v) is 5.68. The van der Waals surface area contributed by atoms with Gasteiger partial charge in [-0.25, -0.2) is 0 Å². The Hall–Kier alpha value is -3.35. The van der Waals surface area contributed by atoms with E-state index in [1.54, 1.807) is 18.5 Å². The molecule has 2 heterocycles. The van der Waals surface area contributed by atoms with Crippen molar-refractivity contribution in [3.63, 3.8) is 0 Å². The molecular weight excluding hydrogens is 415 g/mol. The average molecular weight is 439 g/mol. The molecule has 0 spiro atoms. The van der Waals surface area contributed by atoms with Crippen LogP contribution in [-0.4, -0.2) is 22.3 Å². The van der Waals surface area contributed by atoms with Crippen molar-refractivity contribution in [1.82, 2.24) is 9.88 Å². The number of nitrogens with zero attached hydrogens (tertiary/aromatic N) is 2. The Morgan fingerprint density at radius 1 is 1.06 bits per heavy atom. The Bertz CT molecular complexity index is 1110. The summed E-state index contributed by atoms with van der Waals surface area (Å²) in [6.07, 6.45) is 1.01. The lowest BCUT2D eigenvalue weighted by Gasteiger charge is -2.14. The minimum absolute atomic E-state index is 0.0804. The number of anilines is 1. The molecule has 2 aromatic carbocycles. The normalized spacial score (nSPS) is 13.4. The highest BCUT2D eigenvalue weighted by atomic mass is 19.4. The van der Waals surface area contributed by atoms with Gasteiger partial charge in [0, 0.05) is 43.3 Å². The topological polar surface area (TPSA) is 45.2 Å². The number of pyridine rings is 1. The number of fused-ring (bicyclic) bond motifs is 1. The first-order valence-electron chi connectivity index (χ1n) is 10.6. The number of halogens is 3. The second kappa shape index (κ2) is 9.02. The lowest BCUT2D eigenvalue weighted by molar-refractivity contribution is -0.137. The van der Waals surface area contributed by atoms with Crippen LogP contribution in [0.3, 0.4) is 0 Å². The Labute approximate surface area is 185 Å². The number of hydrogen-bond donors (Lipinski definition) is 1. The summed E-state index contributed by atoms with van der Waals surface area (Å²) in [5, 5.41) is 3.36. The van der Waals surface area contributed by atoms with E-state index in [4.69, 9.17) is 0 Å². The molecule has 0 saturated heterocycles. The standard InChI is InChI=1S/C25H24F3N3O/c1-2-3-12-31-16-18-13-21(8-9-23(18)24(31)32)30-15-19-14-29-11-10-22(19)17-4-6-20(7-5-17)25(26,27)28/h4-11,13-14,30H,2-3,12,15-16H2,1H3. The van der Waals surface area contributed by atoms with Gasteiger partial charge in [-0.1, -0.05) is 25.5 Å². The van der Waals surface area contributed by atoms with Gasteiger partial charge in [0.15, 0.2) is 0 Å². The average Bonchev–Trinajstić information content (AvgIpc) is 3.10. The summed E-state index contributed by atoms with van der Waals surface area (Å²) in [7, 11) is 0. The molecule has 0 aliphatic carbocycles. The Morgan fingerprint density at radius 3 is 2.56 bits per heavy atom. The molecule has 1 aliphatic rings. The van der Waals surface area contributed by atoms with Crippen molar-refractivity contribution < 1.29 is 18.0 Å².